The zero-order chi connectivity index (χ0) is 41.3. The maximum absolute atomic E-state index is 5.28. The highest BCUT2D eigenvalue weighted by Gasteiger charge is 2.39. The molecule has 0 bridgehead atoms. The van der Waals surface area contributed by atoms with Crippen LogP contribution >= 0.6 is 0 Å². The first-order valence-corrected chi connectivity index (χ1v) is 21.0. The van der Waals surface area contributed by atoms with E-state index in [-0.39, 0.29) is 0 Å². The molecule has 0 radical (unpaired) electrons. The third-order valence-electron chi connectivity index (χ3n) is 12.0. The third-order valence-corrected chi connectivity index (χ3v) is 12.0. The van der Waals surface area contributed by atoms with E-state index in [4.69, 9.17) is 15.0 Å². The summed E-state index contributed by atoms with van der Waals surface area (Å²) in [6, 6.07) is 86.1. The first-order chi connectivity index (χ1) is 30.7. The van der Waals surface area contributed by atoms with E-state index in [0.717, 1.165) is 61.3 Å². The summed E-state index contributed by atoms with van der Waals surface area (Å²) in [7, 11) is 0. The Morgan fingerprint density at radius 1 is 0.274 bits per heavy atom. The second-order valence-corrected chi connectivity index (χ2v) is 15.6. The summed E-state index contributed by atoms with van der Waals surface area (Å²) >= 11 is 0. The fraction of sp³-hybridized carbons (Fsp3) is 0.0172. The van der Waals surface area contributed by atoms with E-state index in [1.807, 2.05) is 36.4 Å². The van der Waals surface area contributed by atoms with Gasteiger partial charge in [-0.05, 0) is 81.9 Å². The number of para-hydroxylation sites is 2. The lowest BCUT2D eigenvalue weighted by atomic mass is 9.64. The molecule has 0 N–H and O–H groups in total. The number of rotatable bonds is 9. The number of hydrogen-bond acceptors (Lipinski definition) is 3. The summed E-state index contributed by atoms with van der Waals surface area (Å²) in [6.07, 6.45) is 0. The SMILES string of the molecule is c1ccc(-c2nc(-c3ccccc3)nc(-c3cc(-c4ccc5c(c4)c4ccccc4n5-c4ccccc4)cc(C(c4ccccc4)(c4ccccc4)c4ccccc4)c3)n2)cc1. The third kappa shape index (κ3) is 6.46. The number of benzene rings is 9. The molecule has 11 aromatic rings. The second kappa shape index (κ2) is 15.8. The van der Waals surface area contributed by atoms with Crippen LogP contribution in [0.15, 0.2) is 243 Å². The van der Waals surface area contributed by atoms with E-state index >= 15 is 0 Å². The lowest BCUT2D eigenvalue weighted by Crippen LogP contribution is -2.31. The van der Waals surface area contributed by atoms with Gasteiger partial charge in [0.2, 0.25) is 0 Å². The van der Waals surface area contributed by atoms with E-state index in [9.17, 15) is 0 Å². The van der Waals surface area contributed by atoms with Gasteiger partial charge in [-0.2, -0.15) is 0 Å². The van der Waals surface area contributed by atoms with Crippen molar-refractivity contribution in [3.05, 3.63) is 265 Å². The lowest BCUT2D eigenvalue weighted by Gasteiger charge is -2.37. The Hall–Kier alpha value is -8.21. The summed E-state index contributed by atoms with van der Waals surface area (Å²) in [6.45, 7) is 0. The fourth-order valence-corrected chi connectivity index (χ4v) is 9.15. The minimum Gasteiger partial charge on any atom is -0.309 e. The van der Waals surface area contributed by atoms with Crippen molar-refractivity contribution in [2.45, 2.75) is 5.41 Å². The molecular weight excluding hydrogens is 753 g/mol. The van der Waals surface area contributed by atoms with Crippen molar-refractivity contribution in [1.82, 2.24) is 19.5 Å². The molecule has 9 aromatic carbocycles. The molecular formula is C58H40N4. The van der Waals surface area contributed by atoms with E-state index in [1.54, 1.807) is 0 Å². The van der Waals surface area contributed by atoms with Crippen LogP contribution in [0.4, 0.5) is 0 Å². The molecule has 62 heavy (non-hydrogen) atoms. The smallest absolute Gasteiger partial charge is 0.164 e. The van der Waals surface area contributed by atoms with Gasteiger partial charge in [0.25, 0.3) is 0 Å². The molecule has 0 aliphatic heterocycles. The zero-order valence-electron chi connectivity index (χ0n) is 33.9. The van der Waals surface area contributed by atoms with E-state index in [1.165, 1.54) is 16.3 Å². The standard InChI is InChI=1S/C58H40N4/c1-7-21-41(22-8-1)55-59-56(42-23-9-2-10-24-42)61-57(60-55)45-37-44(43-35-36-54-52(40-43)51-33-19-20-34-53(51)62(54)50-31-17-6-18-32-50)38-49(39-45)58(46-25-11-3-12-26-46,47-27-13-4-14-28-47)48-29-15-5-16-30-48/h1-40H. The number of nitrogens with zero attached hydrogens (tertiary/aromatic N) is 4. The van der Waals surface area contributed by atoms with Crippen molar-refractivity contribution < 1.29 is 0 Å². The topological polar surface area (TPSA) is 43.6 Å². The Kier molecular flexibility index (Phi) is 9.36. The first kappa shape index (κ1) is 36.8. The van der Waals surface area contributed by atoms with Crippen LogP contribution in [0.1, 0.15) is 22.3 Å². The predicted octanol–water partition coefficient (Wildman–Crippen LogP) is 14.0. The average molecular weight is 793 g/mol. The summed E-state index contributed by atoms with van der Waals surface area (Å²) < 4.78 is 2.36. The van der Waals surface area contributed by atoms with Gasteiger partial charge in [-0.15, -0.1) is 0 Å². The quantitative estimate of drug-likeness (QED) is 0.137. The van der Waals surface area contributed by atoms with Crippen LogP contribution < -0.4 is 0 Å². The van der Waals surface area contributed by atoms with Crippen molar-refractivity contribution in [2.75, 3.05) is 0 Å². The highest BCUT2D eigenvalue weighted by Crippen LogP contribution is 2.47. The summed E-state index contributed by atoms with van der Waals surface area (Å²) in [5.41, 5.74) is 12.2. The molecule has 4 nitrogen and oxygen atoms in total. The maximum Gasteiger partial charge on any atom is 0.164 e. The second-order valence-electron chi connectivity index (χ2n) is 15.6. The molecule has 2 aromatic heterocycles. The molecule has 0 saturated carbocycles. The fourth-order valence-electron chi connectivity index (χ4n) is 9.15. The highest BCUT2D eigenvalue weighted by atomic mass is 15.0. The molecule has 4 heteroatoms. The van der Waals surface area contributed by atoms with Gasteiger partial charge in [0.1, 0.15) is 0 Å². The first-order valence-electron chi connectivity index (χ1n) is 21.0. The van der Waals surface area contributed by atoms with Gasteiger partial charge in [-0.3, -0.25) is 0 Å². The van der Waals surface area contributed by atoms with Crippen molar-refractivity contribution >= 4 is 21.8 Å². The Morgan fingerprint density at radius 3 is 1.23 bits per heavy atom. The lowest BCUT2D eigenvalue weighted by molar-refractivity contribution is 0.745. The van der Waals surface area contributed by atoms with Crippen LogP contribution in [0, 0.1) is 0 Å². The number of fused-ring (bicyclic) bond motifs is 3. The maximum atomic E-state index is 5.28. The van der Waals surface area contributed by atoms with Gasteiger partial charge in [0.05, 0.1) is 16.4 Å². The molecule has 0 spiro atoms. The minimum absolute atomic E-state index is 0.602. The Morgan fingerprint density at radius 2 is 0.694 bits per heavy atom. The molecule has 0 aliphatic rings. The largest absolute Gasteiger partial charge is 0.309 e. The van der Waals surface area contributed by atoms with Crippen molar-refractivity contribution in [3.63, 3.8) is 0 Å². The normalized spacial score (nSPS) is 11.5. The Labute approximate surface area is 361 Å². The van der Waals surface area contributed by atoms with Crippen molar-refractivity contribution in [3.8, 4) is 51.0 Å². The van der Waals surface area contributed by atoms with E-state index in [0.29, 0.717) is 17.5 Å². The Balaban J connectivity index is 1.23. The molecule has 0 amide bonds. The highest BCUT2D eigenvalue weighted by molar-refractivity contribution is 6.10. The van der Waals surface area contributed by atoms with E-state index in [2.05, 4.69) is 211 Å². The molecule has 0 saturated heterocycles. The molecule has 0 atom stereocenters. The molecule has 0 unspecified atom stereocenters. The van der Waals surface area contributed by atoms with Crippen LogP contribution in [0.2, 0.25) is 0 Å². The van der Waals surface area contributed by atoms with Gasteiger partial charge in [0.15, 0.2) is 17.5 Å². The van der Waals surface area contributed by atoms with Crippen LogP contribution in [-0.4, -0.2) is 19.5 Å². The zero-order valence-corrected chi connectivity index (χ0v) is 33.9. The molecule has 292 valence electrons. The average Bonchev–Trinajstić information content (AvgIpc) is 3.69. The summed E-state index contributed by atoms with van der Waals surface area (Å²) in [5.74, 6) is 1.85. The van der Waals surface area contributed by atoms with Gasteiger partial charge >= 0.3 is 0 Å². The molecule has 11 rings (SSSR count). The van der Waals surface area contributed by atoms with Gasteiger partial charge in [0, 0.05) is 33.2 Å². The van der Waals surface area contributed by atoms with Gasteiger partial charge in [-0.25, -0.2) is 15.0 Å². The van der Waals surface area contributed by atoms with Crippen LogP contribution in [-0.2, 0) is 5.41 Å². The van der Waals surface area contributed by atoms with E-state index < -0.39 is 5.41 Å². The minimum atomic E-state index is -0.709. The van der Waals surface area contributed by atoms with Crippen molar-refractivity contribution in [2.24, 2.45) is 0 Å². The number of aromatic nitrogens is 4. The van der Waals surface area contributed by atoms with Gasteiger partial charge in [-0.1, -0.05) is 194 Å². The van der Waals surface area contributed by atoms with Crippen LogP contribution in [0.3, 0.4) is 0 Å². The number of hydrogen-bond donors (Lipinski definition) is 0. The molecule has 0 fully saturated rings. The van der Waals surface area contributed by atoms with Crippen LogP contribution in [0.5, 0.6) is 0 Å². The monoisotopic (exact) mass is 792 g/mol. The van der Waals surface area contributed by atoms with Gasteiger partial charge < -0.3 is 4.57 Å². The molecule has 0 aliphatic carbocycles. The predicted molar refractivity (Wildman–Crippen MR) is 254 cm³/mol. The van der Waals surface area contributed by atoms with Crippen LogP contribution in [0.25, 0.3) is 72.8 Å². The van der Waals surface area contributed by atoms with Crippen molar-refractivity contribution in [1.29, 1.82) is 0 Å². The molecule has 2 heterocycles. The Bertz CT molecular complexity index is 3160. The summed E-state index contributed by atoms with van der Waals surface area (Å²) in [5, 5.41) is 2.39. The summed E-state index contributed by atoms with van der Waals surface area (Å²) in [4.78, 5) is 15.6.